The minimum absolute atomic E-state index is 0.0720. The lowest BCUT2D eigenvalue weighted by atomic mass is 9.93. The molecule has 0 saturated carbocycles. The average Bonchev–Trinajstić information content (AvgIpc) is 2.30. The highest BCUT2D eigenvalue weighted by Gasteiger charge is 2.38. The Morgan fingerprint density at radius 1 is 1.32 bits per heavy atom. The van der Waals surface area contributed by atoms with E-state index in [0.29, 0.717) is 11.3 Å². The lowest BCUT2D eigenvalue weighted by molar-refractivity contribution is -0.162. The molecule has 0 aliphatic heterocycles. The van der Waals surface area contributed by atoms with E-state index in [1.807, 2.05) is 0 Å². The third-order valence-corrected chi connectivity index (χ3v) is 2.65. The van der Waals surface area contributed by atoms with Crippen LogP contribution in [0.1, 0.15) is 26.3 Å². The number of nitrogens with two attached hydrogens (primary N) is 1. The third kappa shape index (κ3) is 4.65. The van der Waals surface area contributed by atoms with Crippen molar-refractivity contribution < 1.29 is 14.3 Å². The van der Waals surface area contributed by atoms with Gasteiger partial charge in [-0.05, 0) is 38.5 Å². The van der Waals surface area contributed by atoms with E-state index in [-0.39, 0.29) is 6.42 Å². The molecule has 5 heteroatoms. The second-order valence-corrected chi connectivity index (χ2v) is 5.90. The second kappa shape index (κ2) is 5.72. The van der Waals surface area contributed by atoms with Crippen LogP contribution < -0.4 is 5.73 Å². The van der Waals surface area contributed by atoms with E-state index in [1.165, 1.54) is 0 Å². The Balaban J connectivity index is 2.88. The van der Waals surface area contributed by atoms with Gasteiger partial charge in [-0.2, -0.15) is 0 Å². The Morgan fingerprint density at radius 3 is 2.26 bits per heavy atom. The Bertz CT molecular complexity index is 465. The number of aldehydes is 1. The molecule has 0 aliphatic carbocycles. The number of carbonyl (C=O) groups is 2. The Morgan fingerprint density at radius 2 is 1.84 bits per heavy atom. The predicted octanol–water partition coefficient (Wildman–Crippen LogP) is 2.12. The number of carbonyl (C=O) groups excluding carboxylic acids is 2. The van der Waals surface area contributed by atoms with Crippen LogP contribution in [-0.4, -0.2) is 23.4 Å². The molecule has 0 bridgehead atoms. The minimum Gasteiger partial charge on any atom is -0.458 e. The molecule has 104 valence electrons. The highest BCUT2D eigenvalue weighted by molar-refractivity contribution is 6.30. The highest BCUT2D eigenvalue weighted by atomic mass is 35.5. The minimum atomic E-state index is -1.68. The van der Waals surface area contributed by atoms with Crippen LogP contribution in [-0.2, 0) is 20.7 Å². The van der Waals surface area contributed by atoms with Crippen molar-refractivity contribution >= 4 is 23.9 Å². The molecule has 0 unspecified atom stereocenters. The van der Waals surface area contributed by atoms with Gasteiger partial charge in [0.05, 0.1) is 0 Å². The van der Waals surface area contributed by atoms with E-state index >= 15 is 0 Å². The summed E-state index contributed by atoms with van der Waals surface area (Å²) in [6.45, 7) is 5.16. The Kier molecular flexibility index (Phi) is 4.71. The zero-order valence-corrected chi connectivity index (χ0v) is 12.0. The van der Waals surface area contributed by atoms with Crippen molar-refractivity contribution in [3.8, 4) is 0 Å². The molecule has 0 amide bonds. The molecular weight excluding hydrogens is 266 g/mol. The van der Waals surface area contributed by atoms with Crippen LogP contribution in [0.2, 0.25) is 5.02 Å². The molecule has 1 rings (SSSR count). The zero-order valence-electron chi connectivity index (χ0n) is 11.3. The molecule has 0 radical (unpaired) electrons. The van der Waals surface area contributed by atoms with Gasteiger partial charge in [0.15, 0.2) is 11.8 Å². The second-order valence-electron chi connectivity index (χ2n) is 5.46. The number of hydrogen-bond acceptors (Lipinski definition) is 4. The maximum atomic E-state index is 12.0. The highest BCUT2D eigenvalue weighted by Crippen LogP contribution is 2.17. The van der Waals surface area contributed by atoms with Gasteiger partial charge in [-0.1, -0.05) is 23.7 Å². The van der Waals surface area contributed by atoms with Gasteiger partial charge in [0.2, 0.25) is 0 Å². The van der Waals surface area contributed by atoms with Crippen molar-refractivity contribution in [2.45, 2.75) is 38.3 Å². The summed E-state index contributed by atoms with van der Waals surface area (Å²) >= 11 is 5.77. The summed E-state index contributed by atoms with van der Waals surface area (Å²) < 4.78 is 5.17. The molecule has 2 N–H and O–H groups in total. The normalized spacial score (nSPS) is 14.6. The first-order valence-corrected chi connectivity index (χ1v) is 6.27. The van der Waals surface area contributed by atoms with E-state index in [9.17, 15) is 9.59 Å². The van der Waals surface area contributed by atoms with Crippen LogP contribution >= 0.6 is 11.6 Å². The van der Waals surface area contributed by atoms with E-state index in [1.54, 1.807) is 45.0 Å². The van der Waals surface area contributed by atoms with E-state index in [2.05, 4.69) is 0 Å². The number of rotatable bonds is 4. The smallest absolute Gasteiger partial charge is 0.334 e. The number of hydrogen-bond donors (Lipinski definition) is 1. The Hall–Kier alpha value is -1.39. The molecule has 0 aliphatic rings. The number of halogens is 1. The Labute approximate surface area is 117 Å². The fraction of sp³-hybridized carbons (Fsp3) is 0.429. The molecule has 0 aromatic heterocycles. The summed E-state index contributed by atoms with van der Waals surface area (Å²) in [5.41, 5.74) is 4.21. The molecule has 1 aromatic rings. The first-order valence-electron chi connectivity index (χ1n) is 5.89. The predicted molar refractivity (Wildman–Crippen MR) is 74.0 cm³/mol. The van der Waals surface area contributed by atoms with Crippen LogP contribution in [0.3, 0.4) is 0 Å². The van der Waals surface area contributed by atoms with Crippen LogP contribution in [0.5, 0.6) is 0 Å². The maximum absolute atomic E-state index is 12.0. The van der Waals surface area contributed by atoms with Crippen LogP contribution in [0.25, 0.3) is 0 Å². The summed E-state index contributed by atoms with van der Waals surface area (Å²) in [5.74, 6) is -0.732. The van der Waals surface area contributed by atoms with Crippen molar-refractivity contribution in [1.82, 2.24) is 0 Å². The van der Waals surface area contributed by atoms with Crippen molar-refractivity contribution in [2.75, 3.05) is 0 Å². The van der Waals surface area contributed by atoms with Crippen molar-refractivity contribution in [3.63, 3.8) is 0 Å². The van der Waals surface area contributed by atoms with Crippen LogP contribution in [0, 0.1) is 0 Å². The van der Waals surface area contributed by atoms with Crippen LogP contribution in [0.4, 0.5) is 0 Å². The van der Waals surface area contributed by atoms with Crippen molar-refractivity contribution in [1.29, 1.82) is 0 Å². The summed E-state index contributed by atoms with van der Waals surface area (Å²) in [6, 6.07) is 6.80. The first kappa shape index (κ1) is 15.7. The van der Waals surface area contributed by atoms with E-state index < -0.39 is 17.1 Å². The lowest BCUT2D eigenvalue weighted by Crippen LogP contribution is -2.54. The molecule has 19 heavy (non-hydrogen) atoms. The van der Waals surface area contributed by atoms with Gasteiger partial charge in [-0.3, -0.25) is 0 Å². The van der Waals surface area contributed by atoms with E-state index in [4.69, 9.17) is 22.1 Å². The summed E-state index contributed by atoms with van der Waals surface area (Å²) in [6.07, 6.45) is 0.498. The SMILES string of the molecule is CC(C)(C)OC(=O)[C@@](N)(C=O)Cc1ccc(Cl)cc1. The first-order chi connectivity index (χ1) is 8.66. The van der Waals surface area contributed by atoms with Gasteiger partial charge < -0.3 is 15.3 Å². The van der Waals surface area contributed by atoms with Crippen molar-refractivity contribution in [2.24, 2.45) is 5.73 Å². The van der Waals surface area contributed by atoms with Gasteiger partial charge in [0.25, 0.3) is 0 Å². The third-order valence-electron chi connectivity index (χ3n) is 2.40. The molecule has 4 nitrogen and oxygen atoms in total. The standard InChI is InChI=1S/C14H18ClNO3/c1-13(2,3)19-12(18)14(16,9-17)8-10-4-6-11(15)7-5-10/h4-7,9H,8,16H2,1-3H3/t14-/m0/s1. The maximum Gasteiger partial charge on any atom is 0.334 e. The molecule has 1 aromatic carbocycles. The number of benzene rings is 1. The molecule has 1 atom stereocenters. The van der Waals surface area contributed by atoms with Gasteiger partial charge in [0.1, 0.15) is 5.60 Å². The number of esters is 1. The van der Waals surface area contributed by atoms with Crippen molar-refractivity contribution in [3.05, 3.63) is 34.9 Å². The van der Waals surface area contributed by atoms with Crippen LogP contribution in [0.15, 0.2) is 24.3 Å². The van der Waals surface area contributed by atoms with Gasteiger partial charge in [0, 0.05) is 11.4 Å². The zero-order chi connectivity index (χ0) is 14.7. The lowest BCUT2D eigenvalue weighted by Gasteiger charge is -2.27. The molecule has 0 spiro atoms. The fourth-order valence-corrected chi connectivity index (χ4v) is 1.60. The summed E-state index contributed by atoms with van der Waals surface area (Å²) in [5, 5.41) is 0.578. The molecular formula is C14H18ClNO3. The monoisotopic (exact) mass is 283 g/mol. The van der Waals surface area contributed by atoms with E-state index in [0.717, 1.165) is 5.56 Å². The quantitative estimate of drug-likeness (QED) is 0.522. The van der Waals surface area contributed by atoms with Gasteiger partial charge in [-0.15, -0.1) is 0 Å². The molecule has 0 fully saturated rings. The largest absolute Gasteiger partial charge is 0.458 e. The topological polar surface area (TPSA) is 69.4 Å². The molecule has 0 heterocycles. The van der Waals surface area contributed by atoms with Gasteiger partial charge >= 0.3 is 5.97 Å². The summed E-state index contributed by atoms with van der Waals surface area (Å²) in [7, 11) is 0. The molecule has 0 saturated heterocycles. The fourth-order valence-electron chi connectivity index (χ4n) is 1.48. The number of ether oxygens (including phenoxy) is 1. The summed E-state index contributed by atoms with van der Waals surface area (Å²) in [4.78, 5) is 23.2. The average molecular weight is 284 g/mol. The van der Waals surface area contributed by atoms with Gasteiger partial charge in [-0.25, -0.2) is 4.79 Å².